The first-order valence-corrected chi connectivity index (χ1v) is 9.09. The highest BCUT2D eigenvalue weighted by molar-refractivity contribution is 7.15. The molecule has 0 aromatic carbocycles. The van der Waals surface area contributed by atoms with E-state index < -0.39 is 0 Å². The van der Waals surface area contributed by atoms with Crippen LogP contribution in [0.5, 0.6) is 0 Å². The lowest BCUT2D eigenvalue weighted by Gasteiger charge is -2.28. The summed E-state index contributed by atoms with van der Waals surface area (Å²) in [4.78, 5) is 6.48. The summed E-state index contributed by atoms with van der Waals surface area (Å²) in [6.07, 6.45) is 7.55. The molecule has 1 saturated carbocycles. The van der Waals surface area contributed by atoms with Crippen LogP contribution in [-0.4, -0.2) is 34.9 Å². The topological polar surface area (TPSA) is 51.1 Å². The fourth-order valence-corrected chi connectivity index (χ4v) is 4.76. The number of nitrogens with zero attached hydrogens (tertiary/aromatic N) is 4. The van der Waals surface area contributed by atoms with Crippen LogP contribution in [0, 0.1) is 18.3 Å². The van der Waals surface area contributed by atoms with E-state index in [2.05, 4.69) is 20.1 Å². The fourth-order valence-electron chi connectivity index (χ4n) is 4.06. The first kappa shape index (κ1) is 15.0. The summed E-state index contributed by atoms with van der Waals surface area (Å²) >= 11 is 1.70. The summed E-state index contributed by atoms with van der Waals surface area (Å²) in [5, 5.41) is 10.6. The van der Waals surface area contributed by atoms with E-state index in [0.29, 0.717) is 12.0 Å². The number of aryl methyl sites for hydroxylation is 1. The van der Waals surface area contributed by atoms with Crippen molar-refractivity contribution in [2.75, 3.05) is 24.6 Å². The Morgan fingerprint density at radius 1 is 1.35 bits per heavy atom. The Labute approximate surface area is 140 Å². The Bertz CT molecular complexity index is 662. The van der Waals surface area contributed by atoms with Crippen LogP contribution in [0.4, 0.5) is 5.13 Å². The largest absolute Gasteiger partial charge is 0.376 e. The van der Waals surface area contributed by atoms with Crippen LogP contribution in [0.3, 0.4) is 0 Å². The third-order valence-electron chi connectivity index (χ3n) is 5.23. The van der Waals surface area contributed by atoms with Crippen LogP contribution in [0.15, 0.2) is 24.5 Å². The fraction of sp³-hybridized carbons (Fsp3) is 0.588. The Kier molecular flexibility index (Phi) is 4.03. The van der Waals surface area contributed by atoms with Gasteiger partial charge in [-0.2, -0.15) is 0 Å². The Morgan fingerprint density at radius 2 is 2.22 bits per heavy atom. The van der Waals surface area contributed by atoms with Crippen molar-refractivity contribution in [3.8, 4) is 0 Å². The molecule has 5 nitrogen and oxygen atoms in total. The molecular weight excluding hydrogens is 308 g/mol. The van der Waals surface area contributed by atoms with Gasteiger partial charge in [-0.1, -0.05) is 17.8 Å². The minimum Gasteiger partial charge on any atom is -0.376 e. The highest BCUT2D eigenvalue weighted by Crippen LogP contribution is 2.50. The average molecular weight is 330 g/mol. The molecule has 0 bridgehead atoms. The molecule has 3 heterocycles. The average Bonchev–Trinajstić information content (AvgIpc) is 3.22. The molecule has 0 unspecified atom stereocenters. The number of anilines is 1. The maximum absolute atomic E-state index is 6.11. The number of fused-ring (bicyclic) bond motifs is 1. The third kappa shape index (κ3) is 2.97. The van der Waals surface area contributed by atoms with Crippen molar-refractivity contribution in [3.05, 3.63) is 35.1 Å². The second-order valence-corrected chi connectivity index (χ2v) is 7.94. The molecule has 4 rings (SSSR count). The third-order valence-corrected chi connectivity index (χ3v) is 6.13. The Morgan fingerprint density at radius 3 is 3.00 bits per heavy atom. The monoisotopic (exact) mass is 330 g/mol. The number of aromatic nitrogens is 3. The van der Waals surface area contributed by atoms with E-state index >= 15 is 0 Å². The van der Waals surface area contributed by atoms with Crippen molar-refractivity contribution in [2.24, 2.45) is 11.3 Å². The van der Waals surface area contributed by atoms with E-state index in [0.717, 1.165) is 35.8 Å². The van der Waals surface area contributed by atoms with Crippen molar-refractivity contribution in [2.45, 2.75) is 32.8 Å². The molecule has 0 radical (unpaired) electrons. The number of rotatable bonds is 5. The lowest BCUT2D eigenvalue weighted by Crippen LogP contribution is -2.32. The summed E-state index contributed by atoms with van der Waals surface area (Å²) in [5.74, 6) is 0.726. The molecule has 2 fully saturated rings. The molecule has 0 spiro atoms. The zero-order valence-corrected chi connectivity index (χ0v) is 14.3. The van der Waals surface area contributed by atoms with Gasteiger partial charge in [0.2, 0.25) is 5.13 Å². The van der Waals surface area contributed by atoms with Gasteiger partial charge in [-0.15, -0.1) is 10.2 Å². The van der Waals surface area contributed by atoms with E-state index in [-0.39, 0.29) is 0 Å². The molecular formula is C17H22N4OS. The van der Waals surface area contributed by atoms with E-state index in [1.165, 1.54) is 24.8 Å². The van der Waals surface area contributed by atoms with E-state index in [1.54, 1.807) is 11.3 Å². The van der Waals surface area contributed by atoms with Gasteiger partial charge in [-0.3, -0.25) is 4.98 Å². The highest BCUT2D eigenvalue weighted by Gasteiger charge is 2.50. The van der Waals surface area contributed by atoms with Crippen molar-refractivity contribution < 1.29 is 4.74 Å². The molecule has 1 saturated heterocycles. The first-order valence-electron chi connectivity index (χ1n) is 8.27. The second kappa shape index (κ2) is 6.17. The van der Waals surface area contributed by atoms with Crippen molar-refractivity contribution >= 4 is 16.5 Å². The molecule has 2 aromatic heterocycles. The van der Waals surface area contributed by atoms with Crippen molar-refractivity contribution in [1.29, 1.82) is 0 Å². The lowest BCUT2D eigenvalue weighted by atomic mass is 9.81. The van der Waals surface area contributed by atoms with Gasteiger partial charge in [-0.05, 0) is 43.4 Å². The van der Waals surface area contributed by atoms with Crippen LogP contribution >= 0.6 is 11.3 Å². The summed E-state index contributed by atoms with van der Waals surface area (Å²) < 4.78 is 6.11. The van der Waals surface area contributed by atoms with Gasteiger partial charge in [0.05, 0.1) is 13.2 Å². The number of pyridine rings is 1. The first-order chi connectivity index (χ1) is 11.3. The molecule has 1 aliphatic carbocycles. The quantitative estimate of drug-likeness (QED) is 0.843. The molecule has 2 aromatic rings. The van der Waals surface area contributed by atoms with Gasteiger partial charge in [-0.25, -0.2) is 0 Å². The lowest BCUT2D eigenvalue weighted by molar-refractivity contribution is 0.0315. The number of hydrogen-bond acceptors (Lipinski definition) is 6. The van der Waals surface area contributed by atoms with Gasteiger partial charge < -0.3 is 9.64 Å². The van der Waals surface area contributed by atoms with Crippen LogP contribution in [0.1, 0.15) is 29.8 Å². The highest BCUT2D eigenvalue weighted by atomic mass is 32.1. The molecule has 2 aliphatic rings. The second-order valence-electron chi connectivity index (χ2n) is 6.78. The summed E-state index contributed by atoms with van der Waals surface area (Å²) in [5.41, 5.74) is 1.49. The zero-order valence-electron chi connectivity index (χ0n) is 13.4. The molecule has 122 valence electrons. The standard InChI is InChI=1S/C17H22N4OS/c1-13-19-20-16(23-13)21-9-15-3-2-6-17(15,11-21)12-22-10-14-4-7-18-8-5-14/h4-5,7-8,15H,2-3,6,9-12H2,1H3/t15-,17+/m1/s1. The smallest absolute Gasteiger partial charge is 0.208 e. The predicted octanol–water partition coefficient (Wildman–Crippen LogP) is 3.06. The van der Waals surface area contributed by atoms with Crippen LogP contribution < -0.4 is 4.90 Å². The van der Waals surface area contributed by atoms with Gasteiger partial charge >= 0.3 is 0 Å². The minimum absolute atomic E-state index is 0.298. The molecule has 6 heteroatoms. The molecule has 0 amide bonds. The SMILES string of the molecule is Cc1nnc(N2C[C@H]3CCC[C@@]3(COCc3ccncc3)C2)s1. The van der Waals surface area contributed by atoms with Gasteiger partial charge in [0, 0.05) is 30.9 Å². The normalized spacial score (nSPS) is 26.7. The minimum atomic E-state index is 0.298. The van der Waals surface area contributed by atoms with Crippen molar-refractivity contribution in [3.63, 3.8) is 0 Å². The zero-order chi connectivity index (χ0) is 15.7. The van der Waals surface area contributed by atoms with E-state index in [4.69, 9.17) is 4.74 Å². The Hall–Kier alpha value is -1.53. The Balaban J connectivity index is 1.41. The molecule has 23 heavy (non-hydrogen) atoms. The van der Waals surface area contributed by atoms with Gasteiger partial charge in [0.1, 0.15) is 5.01 Å². The van der Waals surface area contributed by atoms with Crippen LogP contribution in [0.25, 0.3) is 0 Å². The van der Waals surface area contributed by atoms with Crippen LogP contribution in [-0.2, 0) is 11.3 Å². The van der Waals surface area contributed by atoms with Crippen molar-refractivity contribution in [1.82, 2.24) is 15.2 Å². The number of hydrogen-bond donors (Lipinski definition) is 0. The maximum atomic E-state index is 6.11. The van der Waals surface area contributed by atoms with Crippen LogP contribution in [0.2, 0.25) is 0 Å². The molecule has 1 aliphatic heterocycles. The predicted molar refractivity (Wildman–Crippen MR) is 90.5 cm³/mol. The van der Waals surface area contributed by atoms with Gasteiger partial charge in [0.25, 0.3) is 0 Å². The van der Waals surface area contributed by atoms with Gasteiger partial charge in [0.15, 0.2) is 0 Å². The molecule has 2 atom stereocenters. The summed E-state index contributed by atoms with van der Waals surface area (Å²) in [6.45, 7) is 5.70. The summed E-state index contributed by atoms with van der Waals surface area (Å²) in [7, 11) is 0. The summed E-state index contributed by atoms with van der Waals surface area (Å²) in [6, 6.07) is 4.05. The van der Waals surface area contributed by atoms with E-state index in [9.17, 15) is 0 Å². The maximum Gasteiger partial charge on any atom is 0.208 e. The van der Waals surface area contributed by atoms with E-state index in [1.807, 2.05) is 31.5 Å². The number of ether oxygens (including phenoxy) is 1. The molecule has 0 N–H and O–H groups in total.